The van der Waals surface area contributed by atoms with E-state index in [4.69, 9.17) is 20.5 Å². The molecule has 6 aromatic carbocycles. The normalized spacial score (nSPS) is 13.6. The first-order chi connectivity index (χ1) is 39.0. The number of rotatable bonds is 23. The summed E-state index contributed by atoms with van der Waals surface area (Å²) in [5.41, 5.74) is 8.76. The van der Waals surface area contributed by atoms with Crippen LogP contribution in [0.5, 0.6) is 11.5 Å². The first kappa shape index (κ1) is 62.1. The number of phenolic OH excluding ortho intramolecular Hbond substituents is 2. The van der Waals surface area contributed by atoms with Crippen molar-refractivity contribution in [3.8, 4) is 21.3 Å². The van der Waals surface area contributed by atoms with Gasteiger partial charge in [-0.05, 0) is 151 Å². The second-order valence-corrected chi connectivity index (χ2v) is 29.4. The highest BCUT2D eigenvalue weighted by atomic mass is 32.1. The number of benzene rings is 6. The van der Waals surface area contributed by atoms with E-state index in [0.29, 0.717) is 11.5 Å². The number of thiophene rings is 2. The summed E-state index contributed by atoms with van der Waals surface area (Å²) in [6.07, 6.45) is 16.4. The molecule has 0 fully saturated rings. The number of aryl methyl sites for hydroxylation is 2. The van der Waals surface area contributed by atoms with Crippen molar-refractivity contribution in [1.29, 1.82) is 0 Å². The number of fused-ring (bicyclic) bond motifs is 2. The first-order valence-electron chi connectivity index (χ1n) is 30.8. The summed E-state index contributed by atoms with van der Waals surface area (Å²) in [6, 6.07) is 42.3. The lowest BCUT2D eigenvalue weighted by Gasteiger charge is -2.29. The molecule has 0 radical (unpaired) electrons. The van der Waals surface area contributed by atoms with Crippen molar-refractivity contribution in [2.24, 2.45) is 20.5 Å². The molecular weight excluding hydrogens is 1040 g/mol. The van der Waals surface area contributed by atoms with E-state index in [2.05, 4.69) is 218 Å². The van der Waals surface area contributed by atoms with E-state index in [1.807, 2.05) is 22.7 Å². The van der Waals surface area contributed by atoms with Crippen LogP contribution in [0.4, 0.5) is 11.4 Å². The largest absolute Gasteiger partial charge is 0.507 e. The Morgan fingerprint density at radius 2 is 0.707 bits per heavy atom. The van der Waals surface area contributed by atoms with E-state index in [1.54, 1.807) is 0 Å². The van der Waals surface area contributed by atoms with Crippen molar-refractivity contribution >= 4 is 55.6 Å². The van der Waals surface area contributed by atoms with Crippen LogP contribution < -0.4 is 0 Å². The van der Waals surface area contributed by atoms with Gasteiger partial charge < -0.3 is 10.2 Å². The minimum atomic E-state index is -0.448. The van der Waals surface area contributed by atoms with E-state index in [1.165, 1.54) is 85.1 Å². The van der Waals surface area contributed by atoms with Gasteiger partial charge in [0.05, 0.1) is 11.4 Å². The Bertz CT molecular complexity index is 3180. The molecule has 0 saturated carbocycles. The minimum Gasteiger partial charge on any atom is -0.507 e. The molecule has 0 spiro atoms. The van der Waals surface area contributed by atoms with Crippen molar-refractivity contribution in [1.82, 2.24) is 0 Å². The van der Waals surface area contributed by atoms with E-state index < -0.39 is 12.1 Å². The van der Waals surface area contributed by atoms with Gasteiger partial charge in [-0.3, -0.25) is 0 Å². The van der Waals surface area contributed by atoms with Crippen LogP contribution in [0.3, 0.4) is 0 Å². The molecule has 434 valence electrons. The molecule has 0 aliphatic rings. The maximum absolute atomic E-state index is 12.1. The van der Waals surface area contributed by atoms with Crippen molar-refractivity contribution in [3.63, 3.8) is 0 Å². The average Bonchev–Trinajstić information content (AvgIpc) is 4.22. The molecule has 2 heterocycles. The molecule has 0 aliphatic carbocycles. The molecule has 8 rings (SSSR count). The lowest BCUT2D eigenvalue weighted by Crippen LogP contribution is -2.18. The monoisotopic (exact) mass is 1130 g/mol. The zero-order valence-electron chi connectivity index (χ0n) is 52.1. The Kier molecular flexibility index (Phi) is 20.2. The number of nitrogens with zero attached hydrogens (tertiary/aromatic N) is 4. The first-order valence-corrected chi connectivity index (χ1v) is 32.4. The van der Waals surface area contributed by atoms with Gasteiger partial charge in [0.25, 0.3) is 0 Å². The summed E-state index contributed by atoms with van der Waals surface area (Å²) in [5.74, 6) is 0.721. The van der Waals surface area contributed by atoms with Crippen molar-refractivity contribution < 1.29 is 10.2 Å². The second-order valence-electron chi connectivity index (χ2n) is 27.2. The van der Waals surface area contributed by atoms with Gasteiger partial charge in [0.15, 0.2) is 0 Å². The molecule has 0 bridgehead atoms. The van der Waals surface area contributed by atoms with Gasteiger partial charge in [0.1, 0.15) is 23.6 Å². The Labute approximate surface area is 500 Å². The van der Waals surface area contributed by atoms with Crippen LogP contribution in [-0.2, 0) is 34.5 Å². The highest BCUT2D eigenvalue weighted by molar-refractivity contribution is 7.22. The van der Waals surface area contributed by atoms with Crippen LogP contribution in [-0.4, -0.2) is 10.2 Å². The quantitative estimate of drug-likeness (QED) is 0.0494. The number of azo groups is 2. The minimum absolute atomic E-state index is 0.333. The molecule has 0 aliphatic heterocycles. The van der Waals surface area contributed by atoms with Gasteiger partial charge in [0, 0.05) is 30.3 Å². The van der Waals surface area contributed by atoms with Gasteiger partial charge in [-0.1, -0.05) is 234 Å². The lowest BCUT2D eigenvalue weighted by molar-refractivity contribution is 0.421. The molecule has 2 unspecified atom stereocenters. The topological polar surface area (TPSA) is 89.9 Å². The third kappa shape index (κ3) is 15.0. The highest BCUT2D eigenvalue weighted by Crippen LogP contribution is 2.51. The zero-order chi connectivity index (χ0) is 59.0. The van der Waals surface area contributed by atoms with E-state index in [9.17, 15) is 10.2 Å². The number of aromatic hydroxyl groups is 2. The maximum Gasteiger partial charge on any atom is 0.130 e. The zero-order valence-corrected chi connectivity index (χ0v) is 53.7. The molecule has 8 aromatic rings. The van der Waals surface area contributed by atoms with Gasteiger partial charge >= 0.3 is 0 Å². The van der Waals surface area contributed by atoms with Crippen molar-refractivity contribution in [3.05, 3.63) is 176 Å². The van der Waals surface area contributed by atoms with Gasteiger partial charge in [-0.2, -0.15) is 20.5 Å². The smallest absolute Gasteiger partial charge is 0.130 e. The molecule has 82 heavy (non-hydrogen) atoms. The van der Waals surface area contributed by atoms with Crippen LogP contribution in [0.1, 0.15) is 240 Å². The Morgan fingerprint density at radius 3 is 1.05 bits per heavy atom. The molecule has 2 N–H and O–H groups in total. The van der Waals surface area contributed by atoms with E-state index in [-0.39, 0.29) is 21.7 Å². The van der Waals surface area contributed by atoms with Crippen molar-refractivity contribution in [2.75, 3.05) is 0 Å². The lowest BCUT2D eigenvalue weighted by atomic mass is 9.77. The van der Waals surface area contributed by atoms with Crippen LogP contribution in [0.25, 0.3) is 31.3 Å². The average molecular weight is 1140 g/mol. The number of unbranched alkanes of at least 4 members (excludes halogenated alkanes) is 10. The molecular formula is C74H94N4O2S2. The third-order valence-corrected chi connectivity index (χ3v) is 18.8. The SMILES string of the molecule is CCCCCCCCc1cc(C(N=Nc2cccc3ccccc23)c2cc(C(C)(C)C)c(O)c(C(C)(C)C)c2)sc1-c1sc(C(N=Nc2cccc3ccccc23)c2cc(C(C)(C)C)c(O)c(C(C)(C)C)c2)cc1CCCCCCCC. The number of phenols is 2. The van der Waals surface area contributed by atoms with Gasteiger partial charge in [-0.15, -0.1) is 22.7 Å². The molecule has 2 aromatic heterocycles. The summed E-state index contributed by atoms with van der Waals surface area (Å²) in [7, 11) is 0. The third-order valence-electron chi connectivity index (χ3n) is 16.2. The van der Waals surface area contributed by atoms with Crippen LogP contribution in [0.15, 0.2) is 142 Å². The maximum atomic E-state index is 12.1. The molecule has 8 heteroatoms. The highest BCUT2D eigenvalue weighted by Gasteiger charge is 2.33. The Morgan fingerprint density at radius 1 is 0.390 bits per heavy atom. The van der Waals surface area contributed by atoms with E-state index in [0.717, 1.165) is 102 Å². The Balaban J connectivity index is 1.39. The fraction of sp³-hybridized carbons (Fsp3) is 0.459. The summed E-state index contributed by atoms with van der Waals surface area (Å²) >= 11 is 3.75. The number of hydrogen-bond donors (Lipinski definition) is 2. The number of hydrogen-bond acceptors (Lipinski definition) is 8. The van der Waals surface area contributed by atoms with Crippen molar-refractivity contribution in [2.45, 2.75) is 221 Å². The van der Waals surface area contributed by atoms with Crippen LogP contribution >= 0.6 is 22.7 Å². The van der Waals surface area contributed by atoms with Crippen LogP contribution in [0.2, 0.25) is 0 Å². The molecule has 0 saturated heterocycles. The predicted octanol–water partition coefficient (Wildman–Crippen LogP) is 23.9. The second kappa shape index (κ2) is 26.7. The van der Waals surface area contributed by atoms with Gasteiger partial charge in [0.2, 0.25) is 0 Å². The summed E-state index contributed by atoms with van der Waals surface area (Å²) in [4.78, 5) is 4.89. The fourth-order valence-electron chi connectivity index (χ4n) is 11.4. The van der Waals surface area contributed by atoms with Gasteiger partial charge in [-0.25, -0.2) is 0 Å². The summed E-state index contributed by atoms with van der Waals surface area (Å²) in [6.45, 7) is 30.8. The van der Waals surface area contributed by atoms with Crippen LogP contribution in [0, 0.1) is 0 Å². The predicted molar refractivity (Wildman–Crippen MR) is 353 cm³/mol. The summed E-state index contributed by atoms with van der Waals surface area (Å²) in [5, 5.41) is 50.0. The molecule has 6 nitrogen and oxygen atoms in total. The van der Waals surface area contributed by atoms with E-state index >= 15 is 0 Å². The molecule has 2 atom stereocenters. The Hall–Kier alpha value is -5.96. The molecule has 0 amide bonds. The fourth-order valence-corrected chi connectivity index (χ4v) is 14.2. The standard InChI is InChI=1S/C74H94N4O2S2/c1-15-17-19-21-23-25-35-51-47-63(65(77-75-61-41-31-37-49-33-27-29-39-55(49)61)53-43-57(71(3,4)5)67(79)58(44-53)72(6,7)8)81-69(51)70-52(36-26-24-22-20-18-16-2)48-64(82-70)66(78-76-62-42-32-38-50-34-28-30-40-56(50)62)54-45-59(73(9,10)11)68(80)60(46-54)74(12,13)14/h27-34,37-48,65-66,79-80H,15-26,35-36H2,1-14H3. The summed E-state index contributed by atoms with van der Waals surface area (Å²) < 4.78 is 0.